The average Bonchev–Trinajstić information content (AvgIpc) is 2.74. The maximum Gasteiger partial charge on any atom is 0.136 e. The number of aromatic nitrogens is 1. The number of hydrogen-bond donors (Lipinski definition) is 1. The Labute approximate surface area is 107 Å². The van der Waals surface area contributed by atoms with Crippen LogP contribution in [0.5, 0.6) is 0 Å². The molecule has 1 aromatic carbocycles. The lowest BCUT2D eigenvalue weighted by molar-refractivity contribution is -0.124. The molecule has 0 aliphatic heterocycles. The molecule has 1 N–H and O–H groups in total. The van der Waals surface area contributed by atoms with E-state index in [-0.39, 0.29) is 5.92 Å². The number of Topliss-reactive ketones (excluding diaryl/α,β-unsaturated/α-hetero) is 1. The lowest BCUT2D eigenvalue weighted by Gasteiger charge is -2.27. The Bertz CT molecular complexity index is 596. The van der Waals surface area contributed by atoms with Crippen molar-refractivity contribution in [2.75, 3.05) is 0 Å². The van der Waals surface area contributed by atoms with Crippen LogP contribution in [-0.4, -0.2) is 10.8 Å². The summed E-state index contributed by atoms with van der Waals surface area (Å²) in [5, 5.41) is 1.30. The predicted molar refractivity (Wildman–Crippen MR) is 73.7 cm³/mol. The smallest absolute Gasteiger partial charge is 0.136 e. The quantitative estimate of drug-likeness (QED) is 0.857. The highest BCUT2D eigenvalue weighted by molar-refractivity contribution is 5.87. The maximum atomic E-state index is 12.0. The van der Waals surface area contributed by atoms with Crippen LogP contribution in [0.3, 0.4) is 0 Å². The highest BCUT2D eigenvalue weighted by atomic mass is 16.1. The summed E-state index contributed by atoms with van der Waals surface area (Å²) in [6, 6.07) is 8.41. The summed E-state index contributed by atoms with van der Waals surface area (Å²) in [4.78, 5) is 15.5. The number of rotatable bonds is 2. The van der Waals surface area contributed by atoms with Gasteiger partial charge in [0.05, 0.1) is 0 Å². The number of carbonyl (C=O) groups is 1. The molecule has 2 aromatic rings. The molecule has 0 saturated carbocycles. The van der Waals surface area contributed by atoms with E-state index in [9.17, 15) is 4.79 Å². The second-order valence-electron chi connectivity index (χ2n) is 5.44. The molecular formula is C16H19NO. The van der Waals surface area contributed by atoms with Gasteiger partial charge < -0.3 is 4.98 Å². The first-order chi connectivity index (χ1) is 8.70. The van der Waals surface area contributed by atoms with Crippen LogP contribution >= 0.6 is 0 Å². The topological polar surface area (TPSA) is 32.9 Å². The van der Waals surface area contributed by atoms with E-state index in [0.717, 1.165) is 12.8 Å². The Morgan fingerprint density at radius 1 is 1.33 bits per heavy atom. The molecular weight excluding hydrogens is 222 g/mol. The monoisotopic (exact) mass is 241 g/mol. The van der Waals surface area contributed by atoms with Gasteiger partial charge in [0.15, 0.2) is 0 Å². The number of carbonyl (C=O) groups excluding carboxylic acids is 1. The molecule has 0 bridgehead atoms. The molecule has 1 aromatic heterocycles. The van der Waals surface area contributed by atoms with Crippen LogP contribution in [0.15, 0.2) is 24.3 Å². The van der Waals surface area contributed by atoms with Crippen LogP contribution in [0.1, 0.15) is 31.5 Å². The van der Waals surface area contributed by atoms with Crippen molar-refractivity contribution in [3.05, 3.63) is 35.5 Å². The highest BCUT2D eigenvalue weighted by Crippen LogP contribution is 2.35. The van der Waals surface area contributed by atoms with Crippen molar-refractivity contribution < 1.29 is 4.79 Å². The van der Waals surface area contributed by atoms with Crippen LogP contribution in [0.2, 0.25) is 0 Å². The van der Waals surface area contributed by atoms with Crippen molar-refractivity contribution in [3.8, 4) is 0 Å². The third kappa shape index (κ3) is 1.67. The van der Waals surface area contributed by atoms with Crippen molar-refractivity contribution >= 4 is 16.7 Å². The summed E-state index contributed by atoms with van der Waals surface area (Å²) < 4.78 is 0. The van der Waals surface area contributed by atoms with E-state index in [4.69, 9.17) is 0 Å². The molecule has 1 aliphatic carbocycles. The first-order valence-corrected chi connectivity index (χ1v) is 6.82. The fourth-order valence-electron chi connectivity index (χ4n) is 3.24. The van der Waals surface area contributed by atoms with E-state index in [1.54, 1.807) is 0 Å². The average molecular weight is 241 g/mol. The molecule has 2 heteroatoms. The lowest BCUT2D eigenvalue weighted by Crippen LogP contribution is -2.29. The van der Waals surface area contributed by atoms with Gasteiger partial charge in [0.25, 0.3) is 0 Å². The molecule has 2 atom stereocenters. The minimum Gasteiger partial charge on any atom is -0.358 e. The number of ketones is 1. The van der Waals surface area contributed by atoms with Gasteiger partial charge in [-0.3, -0.25) is 4.79 Å². The Kier molecular flexibility index (Phi) is 2.73. The van der Waals surface area contributed by atoms with Crippen LogP contribution in [0.25, 0.3) is 10.9 Å². The van der Waals surface area contributed by atoms with Gasteiger partial charge in [0.1, 0.15) is 5.78 Å². The number of benzene rings is 1. The fraction of sp³-hybridized carbons (Fsp3) is 0.438. The fourth-order valence-corrected chi connectivity index (χ4v) is 3.24. The minimum atomic E-state index is 0.210. The van der Waals surface area contributed by atoms with E-state index in [1.807, 2.05) is 6.92 Å². The van der Waals surface area contributed by atoms with E-state index in [2.05, 4.69) is 36.2 Å². The molecule has 0 spiro atoms. The van der Waals surface area contributed by atoms with Gasteiger partial charge in [-0.05, 0) is 30.4 Å². The summed E-state index contributed by atoms with van der Waals surface area (Å²) in [6.07, 6.45) is 2.57. The predicted octanol–water partition coefficient (Wildman–Crippen LogP) is 3.50. The summed E-state index contributed by atoms with van der Waals surface area (Å²) in [6.45, 7) is 4.17. The number of H-pyrrole nitrogens is 1. The summed E-state index contributed by atoms with van der Waals surface area (Å²) in [5.41, 5.74) is 3.92. The van der Waals surface area contributed by atoms with Crippen molar-refractivity contribution in [1.82, 2.24) is 4.98 Å². The molecule has 2 nitrogen and oxygen atoms in total. The molecule has 18 heavy (non-hydrogen) atoms. The second-order valence-corrected chi connectivity index (χ2v) is 5.44. The van der Waals surface area contributed by atoms with Gasteiger partial charge in [0, 0.05) is 28.9 Å². The van der Waals surface area contributed by atoms with Gasteiger partial charge in [0.2, 0.25) is 0 Å². The first-order valence-electron chi connectivity index (χ1n) is 6.82. The largest absolute Gasteiger partial charge is 0.358 e. The van der Waals surface area contributed by atoms with Gasteiger partial charge >= 0.3 is 0 Å². The standard InChI is InChI=1S/C16H19NO/c1-3-16(18)12-9-13-11-6-4-5-7-14(11)17-15(13)8-10(12)2/h4-7,10,12,17H,3,8-9H2,1-2H3/t10-,12+/m0/s1. The maximum absolute atomic E-state index is 12.0. The van der Waals surface area contributed by atoms with Gasteiger partial charge in [-0.1, -0.05) is 32.0 Å². The normalized spacial score (nSPS) is 23.0. The summed E-state index contributed by atoms with van der Waals surface area (Å²) >= 11 is 0. The molecule has 0 unspecified atom stereocenters. The van der Waals surface area contributed by atoms with Crippen LogP contribution in [0.4, 0.5) is 0 Å². The van der Waals surface area contributed by atoms with E-state index < -0.39 is 0 Å². The zero-order valence-corrected chi connectivity index (χ0v) is 11.0. The van der Waals surface area contributed by atoms with Gasteiger partial charge in [-0.2, -0.15) is 0 Å². The zero-order valence-electron chi connectivity index (χ0n) is 11.0. The molecule has 0 fully saturated rings. The van der Waals surface area contributed by atoms with Crippen molar-refractivity contribution in [2.24, 2.45) is 11.8 Å². The van der Waals surface area contributed by atoms with E-state index in [1.165, 1.54) is 22.2 Å². The van der Waals surface area contributed by atoms with E-state index in [0.29, 0.717) is 18.1 Å². The molecule has 0 radical (unpaired) electrons. The number of fused-ring (bicyclic) bond motifs is 3. The van der Waals surface area contributed by atoms with Crippen molar-refractivity contribution in [3.63, 3.8) is 0 Å². The molecule has 0 saturated heterocycles. The Hall–Kier alpha value is -1.57. The van der Waals surface area contributed by atoms with Crippen LogP contribution in [0, 0.1) is 11.8 Å². The van der Waals surface area contributed by atoms with Crippen LogP contribution in [-0.2, 0) is 17.6 Å². The molecule has 0 amide bonds. The summed E-state index contributed by atoms with van der Waals surface area (Å²) in [7, 11) is 0. The second kappa shape index (κ2) is 4.27. The zero-order chi connectivity index (χ0) is 12.7. The van der Waals surface area contributed by atoms with E-state index >= 15 is 0 Å². The number of nitrogens with one attached hydrogen (secondary N) is 1. The van der Waals surface area contributed by atoms with Crippen molar-refractivity contribution in [2.45, 2.75) is 33.1 Å². The van der Waals surface area contributed by atoms with Gasteiger partial charge in [-0.25, -0.2) is 0 Å². The number of aromatic amines is 1. The third-order valence-electron chi connectivity index (χ3n) is 4.30. The molecule has 1 aliphatic rings. The molecule has 3 rings (SSSR count). The van der Waals surface area contributed by atoms with Crippen molar-refractivity contribution in [1.29, 1.82) is 0 Å². The molecule has 1 heterocycles. The Morgan fingerprint density at radius 2 is 2.11 bits per heavy atom. The SMILES string of the molecule is CCC(=O)[C@@H]1Cc2c([nH]c3ccccc23)C[C@@H]1C. The third-order valence-corrected chi connectivity index (χ3v) is 4.30. The summed E-state index contributed by atoms with van der Waals surface area (Å²) in [5.74, 6) is 1.08. The lowest BCUT2D eigenvalue weighted by atomic mass is 9.76. The Balaban J connectivity index is 2.06. The van der Waals surface area contributed by atoms with Gasteiger partial charge in [-0.15, -0.1) is 0 Å². The number of hydrogen-bond acceptors (Lipinski definition) is 1. The number of para-hydroxylation sites is 1. The highest BCUT2D eigenvalue weighted by Gasteiger charge is 2.31. The van der Waals surface area contributed by atoms with Crippen LogP contribution < -0.4 is 0 Å². The Morgan fingerprint density at radius 3 is 2.89 bits per heavy atom. The molecule has 94 valence electrons. The first kappa shape index (κ1) is 11.5. The minimum absolute atomic E-state index is 0.210.